The van der Waals surface area contributed by atoms with Crippen LogP contribution in [0.15, 0.2) is 42.5 Å². The van der Waals surface area contributed by atoms with Crippen LogP contribution in [0.2, 0.25) is 0 Å². The number of amides is 1. The third kappa shape index (κ3) is 3.07. The predicted octanol–water partition coefficient (Wildman–Crippen LogP) is 3.46. The number of hydrogen-bond donors (Lipinski definition) is 0. The predicted molar refractivity (Wildman–Crippen MR) is 91.8 cm³/mol. The second kappa shape index (κ2) is 6.67. The Morgan fingerprint density at radius 2 is 2.00 bits per heavy atom. The molecule has 0 unspecified atom stereocenters. The Morgan fingerprint density at radius 3 is 2.67 bits per heavy atom. The smallest absolute Gasteiger partial charge is 0.259 e. The zero-order valence-corrected chi connectivity index (χ0v) is 13.9. The van der Waals surface area contributed by atoms with Crippen molar-refractivity contribution in [2.75, 3.05) is 12.2 Å². The largest absolute Gasteiger partial charge is 0.493 e. The second-order valence-corrected chi connectivity index (χ2v) is 5.91. The molecule has 0 aliphatic rings. The fraction of sp³-hybridized carbons (Fsp3) is 0.118. The molecule has 6 nitrogen and oxygen atoms in total. The minimum atomic E-state index is -0.324. The van der Waals surface area contributed by atoms with Gasteiger partial charge in [-0.3, -0.25) is 9.59 Å². The molecule has 0 radical (unpaired) electrons. The third-order valence-corrected chi connectivity index (χ3v) is 4.26. The van der Waals surface area contributed by atoms with Gasteiger partial charge in [0.05, 0.1) is 17.3 Å². The number of thiazole rings is 1. The highest BCUT2D eigenvalue weighted by molar-refractivity contribution is 7.22. The Bertz CT molecular complexity index is 873. The quantitative estimate of drug-likeness (QED) is 0.525. The molecule has 0 N–H and O–H groups in total. The van der Waals surface area contributed by atoms with Crippen LogP contribution in [-0.4, -0.2) is 24.3 Å². The molecule has 0 atom stereocenters. The molecule has 0 fully saturated rings. The Labute approximate surface area is 142 Å². The molecule has 3 aromatic rings. The van der Waals surface area contributed by atoms with E-state index in [1.54, 1.807) is 18.2 Å². The number of hydrogen-bond acceptors (Lipinski definition) is 6. The molecule has 0 aliphatic carbocycles. The fourth-order valence-electron chi connectivity index (χ4n) is 2.12. The number of hydroxylamine groups is 1. The molecule has 3 rings (SSSR count). The molecule has 1 amide bonds. The van der Waals surface area contributed by atoms with Gasteiger partial charge in [-0.1, -0.05) is 23.5 Å². The summed E-state index contributed by atoms with van der Waals surface area (Å²) in [5.74, 6) is 0.347. The molecule has 0 saturated carbocycles. The Hall–Kier alpha value is -2.93. The molecule has 0 aliphatic heterocycles. The lowest BCUT2D eigenvalue weighted by atomic mass is 10.2. The Morgan fingerprint density at radius 1 is 1.21 bits per heavy atom. The van der Waals surface area contributed by atoms with E-state index in [1.807, 2.05) is 24.3 Å². The first-order valence-corrected chi connectivity index (χ1v) is 7.91. The number of carbonyl (C=O) groups excluding carboxylic acids is 2. The average Bonchev–Trinajstić information content (AvgIpc) is 3.02. The van der Waals surface area contributed by atoms with E-state index in [0.717, 1.165) is 15.3 Å². The number of aldehydes is 1. The molecule has 0 saturated heterocycles. The van der Waals surface area contributed by atoms with Crippen molar-refractivity contribution in [2.45, 2.75) is 6.92 Å². The molecule has 24 heavy (non-hydrogen) atoms. The van der Waals surface area contributed by atoms with E-state index in [1.165, 1.54) is 25.4 Å². The number of aromatic nitrogens is 1. The lowest BCUT2D eigenvalue weighted by Gasteiger charge is -2.19. The SMILES string of the molecule is COc1cc(C=O)ccc1ON(C(C)=O)c1nc2ccccc2s1. The summed E-state index contributed by atoms with van der Waals surface area (Å²) in [5.41, 5.74) is 1.24. The maximum Gasteiger partial charge on any atom is 0.259 e. The lowest BCUT2D eigenvalue weighted by molar-refractivity contribution is -0.120. The number of carbonyl (C=O) groups is 2. The maximum atomic E-state index is 12.0. The van der Waals surface area contributed by atoms with Crippen LogP contribution in [-0.2, 0) is 4.79 Å². The summed E-state index contributed by atoms with van der Waals surface area (Å²) in [5, 5.41) is 1.54. The van der Waals surface area contributed by atoms with Gasteiger partial charge in [-0.05, 0) is 30.3 Å². The number of anilines is 1. The first-order chi connectivity index (χ1) is 11.6. The van der Waals surface area contributed by atoms with E-state index in [0.29, 0.717) is 28.5 Å². The highest BCUT2D eigenvalue weighted by Gasteiger charge is 2.20. The lowest BCUT2D eigenvalue weighted by Crippen LogP contribution is -2.32. The standard InChI is InChI=1S/C17H14N2O4S/c1-11(21)19(17-18-13-5-3-4-6-16(13)24-17)23-14-8-7-12(10-20)9-15(14)22-2/h3-10H,1-2H3. The number of nitrogens with zero attached hydrogens (tertiary/aromatic N) is 2. The van der Waals surface area contributed by atoms with Crippen molar-refractivity contribution in [3.05, 3.63) is 48.0 Å². The molecule has 1 aromatic heterocycles. The average molecular weight is 342 g/mol. The van der Waals surface area contributed by atoms with Crippen LogP contribution in [0, 0.1) is 0 Å². The monoisotopic (exact) mass is 342 g/mol. The summed E-state index contributed by atoms with van der Waals surface area (Å²) in [7, 11) is 1.46. The first-order valence-electron chi connectivity index (χ1n) is 7.10. The van der Waals surface area contributed by atoms with Crippen LogP contribution < -0.4 is 14.6 Å². The Kier molecular flexibility index (Phi) is 4.43. The van der Waals surface area contributed by atoms with Gasteiger partial charge in [-0.2, -0.15) is 0 Å². The van der Waals surface area contributed by atoms with Crippen LogP contribution in [0.4, 0.5) is 5.13 Å². The van der Waals surface area contributed by atoms with Crippen molar-refractivity contribution in [2.24, 2.45) is 0 Å². The summed E-state index contributed by atoms with van der Waals surface area (Å²) in [4.78, 5) is 33.0. The van der Waals surface area contributed by atoms with Gasteiger partial charge in [-0.15, -0.1) is 5.06 Å². The van der Waals surface area contributed by atoms with Gasteiger partial charge < -0.3 is 9.57 Å². The highest BCUT2D eigenvalue weighted by Crippen LogP contribution is 2.33. The zero-order chi connectivity index (χ0) is 17.1. The topological polar surface area (TPSA) is 68.7 Å². The number of fused-ring (bicyclic) bond motifs is 1. The van der Waals surface area contributed by atoms with Crippen LogP contribution in [0.1, 0.15) is 17.3 Å². The molecule has 0 bridgehead atoms. The third-order valence-electron chi connectivity index (χ3n) is 3.26. The minimum Gasteiger partial charge on any atom is -0.493 e. The number of benzene rings is 2. The van der Waals surface area contributed by atoms with E-state index in [4.69, 9.17) is 9.57 Å². The van der Waals surface area contributed by atoms with Gasteiger partial charge in [0, 0.05) is 12.5 Å². The van der Waals surface area contributed by atoms with Crippen molar-refractivity contribution in [3.63, 3.8) is 0 Å². The summed E-state index contributed by atoms with van der Waals surface area (Å²) in [6.45, 7) is 1.39. The maximum absolute atomic E-state index is 12.0. The van der Waals surface area contributed by atoms with Gasteiger partial charge in [0.25, 0.3) is 5.91 Å². The summed E-state index contributed by atoms with van der Waals surface area (Å²) < 4.78 is 6.17. The normalized spacial score (nSPS) is 10.4. The molecule has 2 aromatic carbocycles. The van der Waals surface area contributed by atoms with Crippen molar-refractivity contribution in [1.29, 1.82) is 0 Å². The van der Waals surface area contributed by atoms with E-state index in [-0.39, 0.29) is 5.91 Å². The fourth-order valence-corrected chi connectivity index (χ4v) is 3.07. The van der Waals surface area contributed by atoms with Crippen molar-refractivity contribution < 1.29 is 19.2 Å². The molecular weight excluding hydrogens is 328 g/mol. The molecule has 122 valence electrons. The van der Waals surface area contributed by atoms with Gasteiger partial charge in [0.15, 0.2) is 11.5 Å². The van der Waals surface area contributed by atoms with E-state index in [2.05, 4.69) is 4.98 Å². The van der Waals surface area contributed by atoms with Gasteiger partial charge in [0.1, 0.15) is 6.29 Å². The number of rotatable bonds is 5. The summed E-state index contributed by atoms with van der Waals surface area (Å²) in [6.07, 6.45) is 0.711. The summed E-state index contributed by atoms with van der Waals surface area (Å²) >= 11 is 1.35. The van der Waals surface area contributed by atoms with E-state index in [9.17, 15) is 9.59 Å². The van der Waals surface area contributed by atoms with Gasteiger partial charge >= 0.3 is 0 Å². The van der Waals surface area contributed by atoms with Crippen LogP contribution >= 0.6 is 11.3 Å². The second-order valence-electron chi connectivity index (χ2n) is 4.90. The van der Waals surface area contributed by atoms with Gasteiger partial charge in [0.2, 0.25) is 5.13 Å². The number of methoxy groups -OCH3 is 1. The van der Waals surface area contributed by atoms with Crippen LogP contribution in [0.3, 0.4) is 0 Å². The number of ether oxygens (including phenoxy) is 1. The van der Waals surface area contributed by atoms with Crippen LogP contribution in [0.25, 0.3) is 10.2 Å². The van der Waals surface area contributed by atoms with Crippen molar-refractivity contribution in [1.82, 2.24) is 4.98 Å². The molecule has 7 heteroatoms. The molecule has 0 spiro atoms. The van der Waals surface area contributed by atoms with Crippen molar-refractivity contribution in [3.8, 4) is 11.5 Å². The van der Waals surface area contributed by atoms with Crippen LogP contribution in [0.5, 0.6) is 11.5 Å². The molecule has 1 heterocycles. The van der Waals surface area contributed by atoms with Crippen molar-refractivity contribution >= 4 is 38.9 Å². The van der Waals surface area contributed by atoms with E-state index < -0.39 is 0 Å². The Balaban J connectivity index is 1.97. The first kappa shape index (κ1) is 15.9. The van der Waals surface area contributed by atoms with E-state index >= 15 is 0 Å². The highest BCUT2D eigenvalue weighted by atomic mass is 32.1. The number of para-hydroxylation sites is 1. The van der Waals surface area contributed by atoms with Gasteiger partial charge in [-0.25, -0.2) is 4.98 Å². The summed E-state index contributed by atoms with van der Waals surface area (Å²) in [6, 6.07) is 12.3. The molecular formula is C17H14N2O4S. The zero-order valence-electron chi connectivity index (χ0n) is 13.1. The minimum absolute atomic E-state index is 0.317.